The summed E-state index contributed by atoms with van der Waals surface area (Å²) >= 11 is 0. The van der Waals surface area contributed by atoms with Crippen LogP contribution in [-0.4, -0.2) is 15.0 Å². The number of hydrogen-bond acceptors (Lipinski definition) is 7. The molecule has 0 aliphatic heterocycles. The lowest BCUT2D eigenvalue weighted by Crippen LogP contribution is -1.99. The van der Waals surface area contributed by atoms with Crippen molar-refractivity contribution in [1.82, 2.24) is 15.0 Å². The van der Waals surface area contributed by atoms with Crippen LogP contribution in [0.2, 0.25) is 0 Å². The Labute approximate surface area is 289 Å². The molecule has 7 aromatic carbocycles. The molecular formula is C42H32N8. The average molecular weight is 649 g/mol. The second-order valence-corrected chi connectivity index (χ2v) is 12.2. The number of nitrogens with two attached hydrogens (primary N) is 1. The number of fused-ring (bicyclic) bond motifs is 4. The van der Waals surface area contributed by atoms with Gasteiger partial charge in [-0.2, -0.15) is 20.1 Å². The molecule has 2 N–H and O–H groups in total. The molecule has 1 heterocycles. The molecule has 8 rings (SSSR count). The van der Waals surface area contributed by atoms with Crippen molar-refractivity contribution in [2.45, 2.75) is 13.8 Å². The number of anilines is 1. The van der Waals surface area contributed by atoms with Gasteiger partial charge < -0.3 is 5.73 Å². The van der Waals surface area contributed by atoms with E-state index in [-0.39, 0.29) is 0 Å². The lowest BCUT2D eigenvalue weighted by molar-refractivity contribution is 0.765. The lowest BCUT2D eigenvalue weighted by Gasteiger charge is -2.06. The van der Waals surface area contributed by atoms with Gasteiger partial charge in [0.15, 0.2) is 0 Å². The number of rotatable bonds is 7. The van der Waals surface area contributed by atoms with Crippen LogP contribution < -0.4 is 5.73 Å². The summed E-state index contributed by atoms with van der Waals surface area (Å²) in [4.78, 5) is 1.72. The minimum absolute atomic E-state index is 0.589. The molecule has 0 saturated heterocycles. The van der Waals surface area contributed by atoms with Gasteiger partial charge in [0.1, 0.15) is 16.7 Å². The number of aryl methyl sites for hydroxylation is 2. The molecule has 8 heteroatoms. The van der Waals surface area contributed by atoms with Crippen LogP contribution >= 0.6 is 0 Å². The Balaban J connectivity index is 0.937. The Morgan fingerprint density at radius 2 is 1.12 bits per heavy atom. The topological polar surface area (TPSA) is 106 Å². The van der Waals surface area contributed by atoms with Crippen LogP contribution in [0.3, 0.4) is 0 Å². The van der Waals surface area contributed by atoms with E-state index in [1.165, 1.54) is 0 Å². The highest BCUT2D eigenvalue weighted by Crippen LogP contribution is 2.34. The van der Waals surface area contributed by atoms with E-state index < -0.39 is 0 Å². The van der Waals surface area contributed by atoms with Crippen molar-refractivity contribution in [3.05, 3.63) is 156 Å². The third-order valence-corrected chi connectivity index (χ3v) is 8.78. The van der Waals surface area contributed by atoms with E-state index in [0.29, 0.717) is 17.1 Å². The molecule has 0 unspecified atom stereocenters. The van der Waals surface area contributed by atoms with Gasteiger partial charge in [0.05, 0.1) is 28.4 Å². The minimum atomic E-state index is 0.589. The third-order valence-electron chi connectivity index (χ3n) is 8.78. The molecule has 0 bridgehead atoms. The second kappa shape index (κ2) is 13.0. The van der Waals surface area contributed by atoms with Crippen LogP contribution in [0, 0.1) is 13.8 Å². The fourth-order valence-corrected chi connectivity index (χ4v) is 6.02. The lowest BCUT2D eigenvalue weighted by atomic mass is 10.0. The molecule has 8 nitrogen and oxygen atoms in total. The van der Waals surface area contributed by atoms with E-state index >= 15 is 0 Å². The second-order valence-electron chi connectivity index (χ2n) is 12.2. The Kier molecular flexibility index (Phi) is 7.94. The zero-order valence-corrected chi connectivity index (χ0v) is 27.6. The number of benzene rings is 7. The SMILES string of the molecule is Cc1cc(N=Nc2ccc(N=Nc3c(N)ccc4ccccc34)cc2)ccc1C=Cc1ccc(-n2nc3ccc4ccccc4c3n2)cc1C. The standard InChI is InChI=1S/C42H32N8/c1-27-25-35(46-44-33-18-20-34(21-19-33)45-47-41-37-9-5-3-7-31(37)15-23-39(41)43)17-13-29(27)11-12-30-14-22-36(26-28(30)2)50-48-40-24-16-32-8-4-6-10-38(32)42(40)49-50/h3-26H,43H2,1-2H3. The monoisotopic (exact) mass is 648 g/mol. The van der Waals surface area contributed by atoms with Crippen LogP contribution in [0.5, 0.6) is 0 Å². The molecule has 50 heavy (non-hydrogen) atoms. The first-order chi connectivity index (χ1) is 24.5. The maximum absolute atomic E-state index is 6.20. The molecule has 0 radical (unpaired) electrons. The number of hydrogen-bond donors (Lipinski definition) is 1. The molecule has 0 aliphatic carbocycles. The fourth-order valence-electron chi connectivity index (χ4n) is 6.02. The summed E-state index contributed by atoms with van der Waals surface area (Å²) in [6, 6.07) is 44.0. The molecule has 8 aromatic rings. The number of nitrogen functional groups attached to an aromatic ring is 1. The van der Waals surface area contributed by atoms with Crippen molar-refractivity contribution < 1.29 is 0 Å². The molecule has 0 saturated carbocycles. The summed E-state index contributed by atoms with van der Waals surface area (Å²) in [6.45, 7) is 4.18. The van der Waals surface area contributed by atoms with E-state index in [4.69, 9.17) is 15.9 Å². The Bertz CT molecular complexity index is 2630. The van der Waals surface area contributed by atoms with Crippen molar-refractivity contribution in [3.8, 4) is 5.69 Å². The molecule has 0 atom stereocenters. The Morgan fingerprint density at radius 1 is 0.540 bits per heavy atom. The van der Waals surface area contributed by atoms with Crippen LogP contribution in [0.4, 0.5) is 28.4 Å². The van der Waals surface area contributed by atoms with E-state index in [1.54, 1.807) is 4.80 Å². The molecule has 0 aliphatic rings. The van der Waals surface area contributed by atoms with Crippen molar-refractivity contribution in [2.75, 3.05) is 5.73 Å². The first kappa shape index (κ1) is 30.5. The normalized spacial score (nSPS) is 12.0. The molecule has 240 valence electrons. The van der Waals surface area contributed by atoms with Gasteiger partial charge in [-0.1, -0.05) is 84.9 Å². The summed E-state index contributed by atoms with van der Waals surface area (Å²) in [6.07, 6.45) is 4.26. The highest BCUT2D eigenvalue weighted by atomic mass is 15.5. The Morgan fingerprint density at radius 3 is 1.84 bits per heavy atom. The number of azo groups is 2. The summed E-state index contributed by atoms with van der Waals surface area (Å²) in [7, 11) is 0. The van der Waals surface area contributed by atoms with Crippen molar-refractivity contribution in [1.29, 1.82) is 0 Å². The van der Waals surface area contributed by atoms with E-state index in [2.05, 4.69) is 88.9 Å². The largest absolute Gasteiger partial charge is 0.397 e. The van der Waals surface area contributed by atoms with Gasteiger partial charge in [0.2, 0.25) is 0 Å². The van der Waals surface area contributed by atoms with Gasteiger partial charge in [0.25, 0.3) is 0 Å². The molecule has 1 aromatic heterocycles. The zero-order chi connectivity index (χ0) is 34.0. The maximum Gasteiger partial charge on any atom is 0.121 e. The first-order valence-electron chi connectivity index (χ1n) is 16.3. The third kappa shape index (κ3) is 6.13. The fraction of sp³-hybridized carbons (Fsp3) is 0.0476. The van der Waals surface area contributed by atoms with Crippen molar-refractivity contribution in [3.63, 3.8) is 0 Å². The van der Waals surface area contributed by atoms with Gasteiger partial charge >= 0.3 is 0 Å². The first-order valence-corrected chi connectivity index (χ1v) is 16.3. The highest BCUT2D eigenvalue weighted by Gasteiger charge is 2.10. The highest BCUT2D eigenvalue weighted by molar-refractivity contribution is 6.03. The predicted octanol–water partition coefficient (Wildman–Crippen LogP) is 11.9. The van der Waals surface area contributed by atoms with E-state index in [0.717, 1.165) is 71.9 Å². The minimum Gasteiger partial charge on any atom is -0.397 e. The maximum atomic E-state index is 6.20. The number of aromatic nitrogens is 3. The van der Waals surface area contributed by atoms with Gasteiger partial charge in [0, 0.05) is 10.8 Å². The molecule has 0 fully saturated rings. The summed E-state index contributed by atoms with van der Waals surface area (Å²) < 4.78 is 0. The van der Waals surface area contributed by atoms with E-state index in [9.17, 15) is 0 Å². The predicted molar refractivity (Wildman–Crippen MR) is 204 cm³/mol. The van der Waals surface area contributed by atoms with Gasteiger partial charge in [-0.15, -0.1) is 15.3 Å². The van der Waals surface area contributed by atoms with Crippen molar-refractivity contribution in [2.24, 2.45) is 20.5 Å². The van der Waals surface area contributed by atoms with Gasteiger partial charge in [-0.05, 0) is 108 Å². The molecule has 0 spiro atoms. The van der Waals surface area contributed by atoms with Gasteiger partial charge in [-0.3, -0.25) is 0 Å². The zero-order valence-electron chi connectivity index (χ0n) is 27.6. The van der Waals surface area contributed by atoms with Crippen molar-refractivity contribution >= 4 is 73.2 Å². The molecular weight excluding hydrogens is 617 g/mol. The van der Waals surface area contributed by atoms with Crippen LogP contribution in [0.15, 0.2) is 154 Å². The summed E-state index contributed by atoms with van der Waals surface area (Å²) in [5, 5.41) is 31.6. The quantitative estimate of drug-likeness (QED) is 0.106. The average Bonchev–Trinajstić information content (AvgIpc) is 3.59. The van der Waals surface area contributed by atoms with Gasteiger partial charge in [-0.25, -0.2) is 0 Å². The molecule has 0 amide bonds. The van der Waals surface area contributed by atoms with Crippen LogP contribution in [0.25, 0.3) is 50.4 Å². The summed E-state index contributed by atoms with van der Waals surface area (Å²) in [5.41, 5.74) is 16.8. The Hall–Kier alpha value is -6.80. The van der Waals surface area contributed by atoms with Crippen LogP contribution in [-0.2, 0) is 0 Å². The smallest absolute Gasteiger partial charge is 0.121 e. The number of nitrogens with zero attached hydrogens (tertiary/aromatic N) is 7. The summed E-state index contributed by atoms with van der Waals surface area (Å²) in [5.74, 6) is 0. The van der Waals surface area contributed by atoms with Crippen LogP contribution in [0.1, 0.15) is 22.3 Å². The van der Waals surface area contributed by atoms with E-state index in [1.807, 2.05) is 91.0 Å².